The van der Waals surface area contributed by atoms with Gasteiger partial charge in [-0.3, -0.25) is 28.3 Å². The van der Waals surface area contributed by atoms with Crippen molar-refractivity contribution in [1.82, 2.24) is 19.1 Å². The summed E-state index contributed by atoms with van der Waals surface area (Å²) in [5.41, 5.74) is 13.2. The number of halogens is 1. The zero-order chi connectivity index (χ0) is 31.6. The van der Waals surface area contributed by atoms with E-state index in [0.29, 0.717) is 21.6 Å². The zero-order valence-electron chi connectivity index (χ0n) is 23.2. The van der Waals surface area contributed by atoms with E-state index in [4.69, 9.17) is 21.3 Å². The number of carbonyl (C=O) groups is 2. The van der Waals surface area contributed by atoms with Gasteiger partial charge in [-0.1, -0.05) is 91.0 Å². The fourth-order valence-corrected chi connectivity index (χ4v) is 4.76. The Balaban J connectivity index is 0.000000215. The highest BCUT2D eigenvalue weighted by Crippen LogP contribution is 2.26. The lowest BCUT2D eigenvalue weighted by molar-refractivity contribution is -0.145. The monoisotopic (exact) mass is 658 g/mol. The number of hydrogen-bond acceptors (Lipinski definition) is 9. The molecular formula is C31H27BrN6O6. The number of esters is 1. The van der Waals surface area contributed by atoms with Crippen molar-refractivity contribution in [2.24, 2.45) is 0 Å². The third-order valence-corrected chi connectivity index (χ3v) is 6.72. The molecule has 0 saturated carbocycles. The second-order valence-corrected chi connectivity index (χ2v) is 9.97. The van der Waals surface area contributed by atoms with Gasteiger partial charge in [0.15, 0.2) is 11.6 Å². The second kappa shape index (κ2) is 14.6. The first kappa shape index (κ1) is 31.4. The minimum Gasteiger partial charge on any atom is -0.480 e. The Hall–Kier alpha value is -5.56. The third-order valence-electron chi connectivity index (χ3n) is 6.17. The Labute approximate surface area is 259 Å². The van der Waals surface area contributed by atoms with Gasteiger partial charge in [0, 0.05) is 5.56 Å². The molecule has 2 heterocycles. The van der Waals surface area contributed by atoms with Gasteiger partial charge in [-0.25, -0.2) is 9.97 Å². The summed E-state index contributed by atoms with van der Waals surface area (Å²) >= 11 is 3.33. The van der Waals surface area contributed by atoms with Gasteiger partial charge in [-0.05, 0) is 27.1 Å². The number of hydrogen-bond donors (Lipinski definition) is 3. The number of aliphatic carboxylic acids is 1. The minimum absolute atomic E-state index is 0.136. The molecule has 0 spiro atoms. The number of carboxylic acid groups (broad SMARTS) is 1. The highest BCUT2D eigenvalue weighted by molar-refractivity contribution is 9.10. The van der Waals surface area contributed by atoms with Crippen LogP contribution in [0.15, 0.2) is 111 Å². The van der Waals surface area contributed by atoms with Crippen LogP contribution >= 0.6 is 15.9 Å². The predicted octanol–water partition coefficient (Wildman–Crippen LogP) is 3.58. The predicted molar refractivity (Wildman–Crippen MR) is 168 cm³/mol. The quantitative estimate of drug-likeness (QED) is 0.208. The number of nitrogens with zero attached hydrogens (tertiary/aromatic N) is 4. The van der Waals surface area contributed by atoms with Crippen molar-refractivity contribution >= 4 is 39.5 Å². The Bertz CT molecular complexity index is 1880. The number of nitrogens with two attached hydrogens (primary N) is 2. The van der Waals surface area contributed by atoms with Crippen LogP contribution in [0.2, 0.25) is 0 Å². The Morgan fingerprint density at radius 2 is 1.32 bits per heavy atom. The number of rotatable bonds is 8. The summed E-state index contributed by atoms with van der Waals surface area (Å²) in [4.78, 5) is 55.2. The number of carbonyl (C=O) groups excluding carboxylic acids is 1. The maximum atomic E-state index is 12.5. The van der Waals surface area contributed by atoms with E-state index in [-0.39, 0.29) is 24.8 Å². The SMILES string of the molecule is Nc1nc(Br)c(-c2ccccc2)n(CC(=O)OCc2ccccc2)c1=O.Nc1ncc(-c2ccccc2)n(CC(=O)O)c1=O. The molecule has 0 bridgehead atoms. The molecule has 3 aromatic carbocycles. The molecule has 12 nitrogen and oxygen atoms in total. The highest BCUT2D eigenvalue weighted by Gasteiger charge is 2.18. The number of ether oxygens (including phenoxy) is 1. The molecule has 0 atom stereocenters. The van der Waals surface area contributed by atoms with E-state index >= 15 is 0 Å². The molecule has 224 valence electrons. The Kier molecular flexibility index (Phi) is 10.4. The Morgan fingerprint density at radius 3 is 1.91 bits per heavy atom. The molecule has 5 N–H and O–H groups in total. The molecule has 44 heavy (non-hydrogen) atoms. The standard InChI is InChI=1S/C19H16BrN3O3.C12H11N3O3/c20-17-16(14-9-5-2-6-10-14)23(19(25)18(21)22-17)11-15(24)26-12-13-7-3-1-4-8-13;13-11-12(18)15(7-10(16)17)9(6-14-11)8-4-2-1-3-5-8/h1-10H,11-12H2,(H2,21,22);1-6H,7H2,(H2,13,14)(H,16,17). The molecule has 0 radical (unpaired) electrons. The lowest BCUT2D eigenvalue weighted by Crippen LogP contribution is -2.30. The van der Waals surface area contributed by atoms with Crippen molar-refractivity contribution < 1.29 is 19.4 Å². The van der Waals surface area contributed by atoms with E-state index in [1.807, 2.05) is 66.7 Å². The van der Waals surface area contributed by atoms with E-state index in [2.05, 4.69) is 25.9 Å². The molecule has 0 aliphatic rings. The summed E-state index contributed by atoms with van der Waals surface area (Å²) in [7, 11) is 0. The highest BCUT2D eigenvalue weighted by atomic mass is 79.9. The van der Waals surface area contributed by atoms with Crippen molar-refractivity contribution in [1.29, 1.82) is 0 Å². The van der Waals surface area contributed by atoms with Gasteiger partial charge < -0.3 is 21.3 Å². The van der Waals surface area contributed by atoms with E-state index < -0.39 is 29.6 Å². The lowest BCUT2D eigenvalue weighted by Gasteiger charge is -2.15. The number of nitrogen functional groups attached to an aromatic ring is 2. The molecule has 0 saturated heterocycles. The van der Waals surface area contributed by atoms with E-state index in [1.165, 1.54) is 10.8 Å². The molecule has 0 amide bonds. The smallest absolute Gasteiger partial charge is 0.326 e. The zero-order valence-corrected chi connectivity index (χ0v) is 24.8. The van der Waals surface area contributed by atoms with Crippen molar-refractivity contribution in [3.05, 3.63) is 128 Å². The van der Waals surface area contributed by atoms with E-state index in [1.54, 1.807) is 24.3 Å². The maximum Gasteiger partial charge on any atom is 0.326 e. The van der Waals surface area contributed by atoms with Crippen LogP contribution in [0.5, 0.6) is 0 Å². The van der Waals surface area contributed by atoms with Crippen molar-refractivity contribution in [3.63, 3.8) is 0 Å². The third kappa shape index (κ3) is 7.83. The first-order chi connectivity index (χ1) is 21.2. The number of benzene rings is 3. The maximum absolute atomic E-state index is 12.5. The van der Waals surface area contributed by atoms with Gasteiger partial charge in [0.1, 0.15) is 24.3 Å². The summed E-state index contributed by atoms with van der Waals surface area (Å²) in [6.45, 7) is -0.576. The Morgan fingerprint density at radius 1 is 0.773 bits per heavy atom. The van der Waals surface area contributed by atoms with Crippen LogP contribution in [-0.2, 0) is 34.0 Å². The van der Waals surface area contributed by atoms with Gasteiger partial charge in [0.25, 0.3) is 11.1 Å². The van der Waals surface area contributed by atoms with Crippen molar-refractivity contribution in [2.45, 2.75) is 19.7 Å². The van der Waals surface area contributed by atoms with Gasteiger partial charge in [0.05, 0.1) is 17.6 Å². The fraction of sp³-hybridized carbons (Fsp3) is 0.0968. The van der Waals surface area contributed by atoms with Crippen molar-refractivity contribution in [2.75, 3.05) is 11.5 Å². The normalized spacial score (nSPS) is 10.4. The van der Waals surface area contributed by atoms with Crippen LogP contribution in [0.1, 0.15) is 5.56 Å². The molecule has 13 heteroatoms. The summed E-state index contributed by atoms with van der Waals surface area (Å²) < 4.78 is 8.04. The summed E-state index contributed by atoms with van der Waals surface area (Å²) in [5.74, 6) is -2.05. The van der Waals surface area contributed by atoms with Crippen LogP contribution in [0, 0.1) is 0 Å². The summed E-state index contributed by atoms with van der Waals surface area (Å²) in [6.07, 6.45) is 1.40. The van der Waals surface area contributed by atoms with Crippen molar-refractivity contribution in [3.8, 4) is 22.5 Å². The molecule has 0 unspecified atom stereocenters. The van der Waals surface area contributed by atoms with Gasteiger partial charge in [0.2, 0.25) is 0 Å². The number of aromatic nitrogens is 4. The minimum atomic E-state index is -1.11. The molecule has 5 aromatic rings. The fourth-order valence-electron chi connectivity index (χ4n) is 4.13. The largest absolute Gasteiger partial charge is 0.480 e. The first-order valence-corrected chi connectivity index (χ1v) is 13.9. The second-order valence-electron chi connectivity index (χ2n) is 9.22. The number of carboxylic acids is 1. The van der Waals surface area contributed by atoms with Crippen LogP contribution in [0.25, 0.3) is 22.5 Å². The molecule has 0 aliphatic heterocycles. The van der Waals surface area contributed by atoms with Crippen LogP contribution in [-0.4, -0.2) is 36.1 Å². The summed E-state index contributed by atoms with van der Waals surface area (Å²) in [5, 5.41) is 8.83. The summed E-state index contributed by atoms with van der Waals surface area (Å²) in [6, 6.07) is 27.4. The molecule has 5 rings (SSSR count). The lowest BCUT2D eigenvalue weighted by atomic mass is 10.1. The van der Waals surface area contributed by atoms with E-state index in [0.717, 1.165) is 15.7 Å². The topological polar surface area (TPSA) is 185 Å². The molecule has 0 fully saturated rings. The molecule has 0 aliphatic carbocycles. The van der Waals surface area contributed by atoms with Gasteiger partial charge in [-0.2, -0.15) is 0 Å². The van der Waals surface area contributed by atoms with E-state index in [9.17, 15) is 19.2 Å². The van der Waals surface area contributed by atoms with Gasteiger partial charge >= 0.3 is 11.9 Å². The number of anilines is 2. The van der Waals surface area contributed by atoms with Crippen LogP contribution in [0.3, 0.4) is 0 Å². The average Bonchev–Trinajstić information content (AvgIpc) is 3.02. The molecular weight excluding hydrogens is 632 g/mol. The average molecular weight is 659 g/mol. The van der Waals surface area contributed by atoms with Crippen LogP contribution in [0.4, 0.5) is 11.6 Å². The first-order valence-electron chi connectivity index (χ1n) is 13.1. The van der Waals surface area contributed by atoms with Crippen LogP contribution < -0.4 is 22.6 Å². The van der Waals surface area contributed by atoms with Gasteiger partial charge in [-0.15, -0.1) is 0 Å². The molecule has 2 aromatic heterocycles.